The van der Waals surface area contributed by atoms with E-state index in [2.05, 4.69) is 343 Å². The third kappa shape index (κ3) is 16.2. The van der Waals surface area contributed by atoms with Crippen molar-refractivity contribution in [1.29, 1.82) is 0 Å². The lowest BCUT2D eigenvalue weighted by Crippen LogP contribution is -2.26. The maximum Gasteiger partial charge on any atom is 0.170 e. The number of ether oxygens (including phenoxy) is 1. The van der Waals surface area contributed by atoms with Crippen molar-refractivity contribution in [2.75, 3.05) is 0 Å². The second-order valence-corrected chi connectivity index (χ2v) is 38.0. The largest absolute Gasteiger partial charge is 0.490 e. The predicted octanol–water partition coefficient (Wildman–Crippen LogP) is 30.7. The highest BCUT2D eigenvalue weighted by atomic mass is 32.1. The minimum absolute atomic E-state index is 0.272. The van der Waals surface area contributed by atoms with E-state index >= 15 is 0 Å². The summed E-state index contributed by atoms with van der Waals surface area (Å²) in [6.07, 6.45) is 0.272. The molecule has 2 atom stereocenters. The van der Waals surface area contributed by atoms with Gasteiger partial charge in [-0.15, -0.1) is 11.3 Å². The maximum atomic E-state index is 5.97. The molecule has 7 aromatic carbocycles. The summed E-state index contributed by atoms with van der Waals surface area (Å²) in [4.78, 5) is 2.93. The van der Waals surface area contributed by atoms with Gasteiger partial charge in [0.1, 0.15) is 17.6 Å². The van der Waals surface area contributed by atoms with Crippen LogP contribution in [0, 0.1) is 276 Å². The van der Waals surface area contributed by atoms with Gasteiger partial charge in [-0.25, -0.2) is 0 Å². The number of aryl methyl sites for hydroxylation is 27. The van der Waals surface area contributed by atoms with E-state index < -0.39 is 0 Å². The zero-order valence-corrected chi connectivity index (χ0v) is 85.2. The fourth-order valence-corrected chi connectivity index (χ4v) is 21.3. The monoisotopic (exact) mass is 1650 g/mol. The van der Waals surface area contributed by atoms with Gasteiger partial charge in [0.2, 0.25) is 0 Å². The molecule has 2 unspecified atom stereocenters. The summed E-state index contributed by atoms with van der Waals surface area (Å²) in [6, 6.07) is 0. The van der Waals surface area contributed by atoms with Gasteiger partial charge in [-0.3, -0.25) is 9.36 Å². The van der Waals surface area contributed by atoms with Crippen molar-refractivity contribution in [2.45, 2.75) is 318 Å². The summed E-state index contributed by atoms with van der Waals surface area (Å²) in [5.74, 6) is 3.71. The second-order valence-electron chi connectivity index (χ2n) is 36.6. The molecule has 11 heteroatoms. The minimum Gasteiger partial charge on any atom is -0.490 e. The molecule has 14 aromatic rings. The summed E-state index contributed by atoms with van der Waals surface area (Å²) in [5.41, 5.74) is 58.5. The van der Waals surface area contributed by atoms with Crippen LogP contribution in [0.2, 0.25) is 0 Å². The van der Waals surface area contributed by atoms with Crippen molar-refractivity contribution in [2.24, 2.45) is 34.1 Å². The molecule has 0 N–H and O–H groups in total. The lowest BCUT2D eigenvalue weighted by atomic mass is 9.76. The molecule has 0 amide bonds. The van der Waals surface area contributed by atoms with Gasteiger partial charge in [-0.05, 0) is 500 Å². The van der Waals surface area contributed by atoms with E-state index in [-0.39, 0.29) is 6.10 Å². The molecule has 0 saturated carbocycles. The topological polar surface area (TPSA) is 93.9 Å². The fourth-order valence-electron chi connectivity index (χ4n) is 20.1. The van der Waals surface area contributed by atoms with Crippen molar-refractivity contribution in [3.63, 3.8) is 0 Å². The molecule has 8 heterocycles. The van der Waals surface area contributed by atoms with Crippen LogP contribution >= 0.6 is 11.3 Å². The lowest BCUT2D eigenvalue weighted by molar-refractivity contribution is 0.150. The first-order valence-electron chi connectivity index (χ1n) is 43.8. The third-order valence-electron chi connectivity index (χ3n) is 31.2. The summed E-state index contributed by atoms with van der Waals surface area (Å²) >= 11 is 1.93. The first kappa shape index (κ1) is 95.4. The third-order valence-corrected chi connectivity index (χ3v) is 32.2. The van der Waals surface area contributed by atoms with Crippen LogP contribution in [0.5, 0.6) is 0 Å². The number of furan rings is 1. The van der Waals surface area contributed by atoms with Gasteiger partial charge in [0.15, 0.2) is 5.58 Å². The Hall–Kier alpha value is -9.45. The van der Waals surface area contributed by atoms with Crippen LogP contribution in [0.4, 0.5) is 0 Å². The molecule has 1 aliphatic carbocycles. The number of thiophene rings is 1. The molecule has 16 rings (SSSR count). The Bertz CT molecular complexity index is 6050. The smallest absolute Gasteiger partial charge is 0.170 e. The van der Waals surface area contributed by atoms with Crippen molar-refractivity contribution in [1.82, 2.24) is 33.9 Å². The zero-order chi connectivity index (χ0) is 91.5. The fraction of sp³-hybridized carbons (Fsp3) is 0.464. The van der Waals surface area contributed by atoms with Crippen LogP contribution in [0.15, 0.2) is 42.6 Å². The van der Waals surface area contributed by atoms with E-state index in [9.17, 15) is 0 Å². The van der Waals surface area contributed by atoms with Gasteiger partial charge in [0, 0.05) is 121 Å². The van der Waals surface area contributed by atoms with Gasteiger partial charge in [0.05, 0.1) is 28.2 Å². The zero-order valence-electron chi connectivity index (χ0n) is 84.4. The first-order valence-corrected chi connectivity index (χ1v) is 44.6. The standard InChI is InChI=1S/2C15H21N.C14H18O.C14H20O.C14H18S.2C13H18N2.C12H15NO/c2*1-8-9(2)11(4)15-13(6)16(7)12(5)14(15)10(8)3;1-7-8(2)10(4)14-12(6)15-11(5)13(14)9(7)3;1-7-8(2)10(4)14-13(9(7)3)11(5)12(6)15-14;1-7-8(2)10(4)14-12(6)15-11(5)13(14)9(7)3;1-7-8(2)10(4)13-12(9(7)3)11(5)15(6)14-13;1-7-8(2)10(4)13-12(9(7)3)11(5)14-15(13)6;1-6-7(2)9(4)12-11(8(6)3)10(5)13-14-12/h2*1-7H3;1-6H3;13-14H,1-6H3;3*1-6H3;1-5H3. The second kappa shape index (κ2) is 35.8. The number of benzene rings is 7. The SMILES string of the molecule is CC1=C(C)C2C(C)=C(C)C(C)=C(C)C2O1.Cc1c(C)c(C)c2c(C)n(C)c(C)c2c1C.Cc1c(C)c(C)c2c(C)n(C)c(C)c2c1C.Cc1c(C)c(C)c2c(C)n(C)nc2c1C.Cc1c(C)c(C)c2c(C)noc2c1C.Cc1c(C)c(C)c2c(C)oc(C)c2c1C.Cc1c(C)c(C)c2c(C)sc(C)c2c1C.Cc1c(C)c(C)c2c(c(C)nn2C)c1C. The number of hydrogen-bond acceptors (Lipinski definition) is 7. The van der Waals surface area contributed by atoms with Crippen LogP contribution in [0.1, 0.15) is 258 Å². The normalized spacial score (nSPS) is 13.8. The number of allylic oxidation sites excluding steroid dienone is 3. The van der Waals surface area contributed by atoms with E-state index in [1.807, 2.05) is 41.7 Å². The van der Waals surface area contributed by atoms with Crippen LogP contribution in [0.25, 0.3) is 75.9 Å². The number of aromatic nitrogens is 7. The summed E-state index contributed by atoms with van der Waals surface area (Å²) in [5, 5.41) is 28.4. The van der Waals surface area contributed by atoms with E-state index in [0.29, 0.717) is 5.92 Å². The minimum atomic E-state index is 0.272. The Labute approximate surface area is 732 Å². The van der Waals surface area contributed by atoms with Crippen molar-refractivity contribution < 1.29 is 13.7 Å². The predicted molar refractivity (Wildman–Crippen MR) is 528 cm³/mol. The Morgan fingerprint density at radius 2 is 0.562 bits per heavy atom. The van der Waals surface area contributed by atoms with Crippen LogP contribution in [-0.4, -0.2) is 40.0 Å². The van der Waals surface area contributed by atoms with Gasteiger partial charge in [-0.1, -0.05) is 10.7 Å². The Morgan fingerprint density at radius 1 is 0.256 bits per heavy atom. The first-order chi connectivity index (χ1) is 56.0. The molecule has 0 fully saturated rings. The maximum absolute atomic E-state index is 5.97. The molecule has 2 aliphatic rings. The average Bonchev–Trinajstić information content (AvgIpc) is 1.62. The molecule has 0 bridgehead atoms. The molecule has 0 saturated heterocycles. The highest BCUT2D eigenvalue weighted by molar-refractivity contribution is 7.13. The number of fused-ring (bicyclic) bond motifs is 8. The van der Waals surface area contributed by atoms with Gasteiger partial charge in [0.25, 0.3) is 0 Å². The number of rotatable bonds is 0. The Balaban J connectivity index is 0.000000157. The Morgan fingerprint density at radius 3 is 0.942 bits per heavy atom. The molecular weight excluding hydrogens is 1500 g/mol. The molecule has 648 valence electrons. The molecular formula is C110H149N7O3S. The van der Waals surface area contributed by atoms with Crippen molar-refractivity contribution in [3.8, 4) is 0 Å². The lowest BCUT2D eigenvalue weighted by Gasteiger charge is -2.30. The summed E-state index contributed by atoms with van der Waals surface area (Å²) in [6.45, 7) is 98.5. The van der Waals surface area contributed by atoms with Gasteiger partial charge >= 0.3 is 0 Å². The van der Waals surface area contributed by atoms with Crippen molar-refractivity contribution >= 4 is 87.2 Å². The average molecular weight is 1650 g/mol. The van der Waals surface area contributed by atoms with E-state index in [1.165, 1.54) is 287 Å². The quantitative estimate of drug-likeness (QED) is 0.150. The number of nitrogens with zero attached hydrogens (tertiary/aromatic N) is 7. The molecule has 0 spiro atoms. The van der Waals surface area contributed by atoms with E-state index in [0.717, 1.165) is 39.8 Å². The molecule has 7 aromatic heterocycles. The van der Waals surface area contributed by atoms with Crippen molar-refractivity contribution in [3.05, 3.63) is 251 Å². The van der Waals surface area contributed by atoms with E-state index in [1.54, 1.807) is 0 Å². The Kier molecular flexibility index (Phi) is 28.2. The summed E-state index contributed by atoms with van der Waals surface area (Å²) < 4.78 is 25.6. The highest BCUT2D eigenvalue weighted by Crippen LogP contribution is 2.47. The van der Waals surface area contributed by atoms with Crippen LogP contribution in [0.3, 0.4) is 0 Å². The molecule has 1 aliphatic heterocycles. The highest BCUT2D eigenvalue weighted by Gasteiger charge is 2.39. The molecule has 121 heavy (non-hydrogen) atoms. The molecule has 10 nitrogen and oxygen atoms in total. The van der Waals surface area contributed by atoms with Crippen LogP contribution in [-0.2, 0) is 32.9 Å². The van der Waals surface area contributed by atoms with Crippen LogP contribution < -0.4 is 0 Å². The number of hydrogen-bond donors (Lipinski definition) is 0. The van der Waals surface area contributed by atoms with Gasteiger partial charge in [-0.2, -0.15) is 10.2 Å². The van der Waals surface area contributed by atoms with E-state index in [4.69, 9.17) is 13.7 Å². The van der Waals surface area contributed by atoms with Gasteiger partial charge < -0.3 is 22.8 Å². The summed E-state index contributed by atoms with van der Waals surface area (Å²) in [7, 11) is 8.36. The molecule has 0 radical (unpaired) electrons.